The average Bonchev–Trinajstić information content (AvgIpc) is 2.19. The Morgan fingerprint density at radius 1 is 1.22 bits per heavy atom. The van der Waals surface area contributed by atoms with E-state index < -0.39 is 23.7 Å². The molecule has 0 aromatic heterocycles. The van der Waals surface area contributed by atoms with Crippen molar-refractivity contribution in [2.45, 2.75) is 13.1 Å². The molecule has 1 rings (SSSR count). The number of hydrogen-bond donors (Lipinski definition) is 0. The summed E-state index contributed by atoms with van der Waals surface area (Å²) >= 11 is 11.2. The molecule has 0 aliphatic heterocycles. The van der Waals surface area contributed by atoms with E-state index in [9.17, 15) is 22.8 Å². The van der Waals surface area contributed by atoms with Gasteiger partial charge in [0, 0.05) is 5.02 Å². The Kier molecular flexibility index (Phi) is 4.24. The SMILES string of the molecule is CC(=O)c1cc(Cl)cc(Cl)c1OC(=O)C(F)(F)F. The first kappa shape index (κ1) is 14.8. The third kappa shape index (κ3) is 3.36. The fraction of sp³-hybridized carbons (Fsp3) is 0.200. The molecule has 8 heteroatoms. The second-order valence-electron chi connectivity index (χ2n) is 3.21. The average molecular weight is 301 g/mol. The van der Waals surface area contributed by atoms with Crippen LogP contribution in [0.4, 0.5) is 13.2 Å². The van der Waals surface area contributed by atoms with Crippen LogP contribution in [0.3, 0.4) is 0 Å². The molecule has 18 heavy (non-hydrogen) atoms. The predicted molar refractivity (Wildman–Crippen MR) is 58.2 cm³/mol. The standard InChI is InChI=1S/C10H5Cl2F3O3/c1-4(16)6-2-5(11)3-7(12)8(6)18-9(17)10(13,14)15/h2-3H,1H3. The Balaban J connectivity index is 3.24. The lowest BCUT2D eigenvalue weighted by Crippen LogP contribution is -2.28. The zero-order chi connectivity index (χ0) is 14.1. The summed E-state index contributed by atoms with van der Waals surface area (Å²) in [6, 6.07) is 2.13. The smallest absolute Gasteiger partial charge is 0.417 e. The summed E-state index contributed by atoms with van der Waals surface area (Å²) in [7, 11) is 0. The highest BCUT2D eigenvalue weighted by Crippen LogP contribution is 2.34. The number of halogens is 5. The van der Waals surface area contributed by atoms with Gasteiger partial charge in [-0.15, -0.1) is 0 Å². The number of carbonyl (C=O) groups excluding carboxylic acids is 2. The van der Waals surface area contributed by atoms with Crippen LogP contribution in [-0.4, -0.2) is 17.9 Å². The summed E-state index contributed by atoms with van der Waals surface area (Å²) in [4.78, 5) is 21.9. The first-order valence-corrected chi connectivity index (χ1v) is 5.17. The van der Waals surface area contributed by atoms with Gasteiger partial charge >= 0.3 is 12.1 Å². The van der Waals surface area contributed by atoms with Crippen LogP contribution in [0.1, 0.15) is 17.3 Å². The molecule has 0 bridgehead atoms. The van der Waals surface area contributed by atoms with Crippen molar-refractivity contribution in [1.82, 2.24) is 0 Å². The van der Waals surface area contributed by atoms with Crippen LogP contribution in [0.2, 0.25) is 10.0 Å². The Labute approximate surface area is 109 Å². The highest BCUT2D eigenvalue weighted by molar-refractivity contribution is 6.36. The van der Waals surface area contributed by atoms with Crippen LogP contribution in [0.25, 0.3) is 0 Å². The molecule has 0 saturated heterocycles. The Hall–Kier alpha value is -1.27. The molecule has 0 saturated carbocycles. The van der Waals surface area contributed by atoms with Crippen LogP contribution in [0.15, 0.2) is 12.1 Å². The van der Waals surface area contributed by atoms with Crippen molar-refractivity contribution >= 4 is 35.0 Å². The lowest BCUT2D eigenvalue weighted by Gasteiger charge is -2.11. The third-order valence-corrected chi connectivity index (χ3v) is 2.31. The molecule has 0 amide bonds. The number of ketones is 1. The van der Waals surface area contributed by atoms with Gasteiger partial charge < -0.3 is 4.74 Å². The predicted octanol–water partition coefficient (Wildman–Crippen LogP) is 3.66. The third-order valence-electron chi connectivity index (χ3n) is 1.81. The van der Waals surface area contributed by atoms with Crippen molar-refractivity contribution in [3.63, 3.8) is 0 Å². The molecule has 0 unspecified atom stereocenters. The fourth-order valence-corrected chi connectivity index (χ4v) is 1.61. The number of esters is 1. The van der Waals surface area contributed by atoms with Crippen LogP contribution in [0, 0.1) is 0 Å². The van der Waals surface area contributed by atoms with Crippen molar-refractivity contribution < 1.29 is 27.5 Å². The summed E-state index contributed by atoms with van der Waals surface area (Å²) in [5.41, 5.74) is -0.301. The molecule has 0 aliphatic rings. The monoisotopic (exact) mass is 300 g/mol. The number of ether oxygens (including phenoxy) is 1. The molecular formula is C10H5Cl2F3O3. The molecule has 98 valence electrons. The maximum Gasteiger partial charge on any atom is 0.491 e. The first-order valence-electron chi connectivity index (χ1n) is 4.42. The largest absolute Gasteiger partial charge is 0.491 e. The zero-order valence-corrected chi connectivity index (χ0v) is 10.3. The highest BCUT2D eigenvalue weighted by Gasteiger charge is 2.42. The molecule has 0 spiro atoms. The quantitative estimate of drug-likeness (QED) is 0.475. The molecule has 3 nitrogen and oxygen atoms in total. The van der Waals surface area contributed by atoms with Crippen molar-refractivity contribution in [3.05, 3.63) is 27.7 Å². The topological polar surface area (TPSA) is 43.4 Å². The minimum absolute atomic E-state index is 0.0389. The molecule has 0 aliphatic carbocycles. The maximum absolute atomic E-state index is 12.0. The Bertz CT molecular complexity index is 512. The highest BCUT2D eigenvalue weighted by atomic mass is 35.5. The molecule has 0 N–H and O–H groups in total. The number of benzene rings is 1. The van der Waals surface area contributed by atoms with Gasteiger partial charge in [-0.2, -0.15) is 13.2 Å². The van der Waals surface area contributed by atoms with E-state index in [-0.39, 0.29) is 15.6 Å². The molecular weight excluding hydrogens is 296 g/mol. The summed E-state index contributed by atoms with van der Waals surface area (Å²) in [5, 5.41) is -0.317. The summed E-state index contributed by atoms with van der Waals surface area (Å²) in [5.74, 6) is -3.76. The van der Waals surface area contributed by atoms with Gasteiger partial charge in [0.05, 0.1) is 10.6 Å². The Morgan fingerprint density at radius 3 is 2.22 bits per heavy atom. The number of hydrogen-bond acceptors (Lipinski definition) is 3. The van der Waals surface area contributed by atoms with Crippen LogP contribution in [0.5, 0.6) is 5.75 Å². The normalized spacial score (nSPS) is 11.2. The molecule has 0 fully saturated rings. The van der Waals surface area contributed by atoms with Crippen molar-refractivity contribution in [3.8, 4) is 5.75 Å². The van der Waals surface area contributed by atoms with Crippen molar-refractivity contribution in [1.29, 1.82) is 0 Å². The van der Waals surface area contributed by atoms with Gasteiger partial charge in [0.1, 0.15) is 0 Å². The lowest BCUT2D eigenvalue weighted by atomic mass is 10.1. The summed E-state index contributed by atoms with van der Waals surface area (Å²) < 4.78 is 40.2. The van der Waals surface area contributed by atoms with E-state index in [4.69, 9.17) is 23.2 Å². The van der Waals surface area contributed by atoms with Gasteiger partial charge in [-0.25, -0.2) is 4.79 Å². The van der Waals surface area contributed by atoms with E-state index in [1.807, 2.05) is 0 Å². The number of rotatable bonds is 2. The number of Topliss-reactive ketones (excluding diaryl/α,β-unsaturated/α-hetero) is 1. The Morgan fingerprint density at radius 2 is 1.78 bits per heavy atom. The molecule has 1 aromatic carbocycles. The number of alkyl halides is 3. The fourth-order valence-electron chi connectivity index (χ4n) is 1.08. The second kappa shape index (κ2) is 5.16. The summed E-state index contributed by atoms with van der Waals surface area (Å²) in [6.45, 7) is 1.08. The van der Waals surface area contributed by atoms with E-state index in [0.29, 0.717) is 0 Å². The minimum Gasteiger partial charge on any atom is -0.417 e. The van der Waals surface area contributed by atoms with Crippen LogP contribution < -0.4 is 4.74 Å². The van der Waals surface area contributed by atoms with E-state index in [0.717, 1.165) is 19.1 Å². The van der Waals surface area contributed by atoms with Crippen molar-refractivity contribution in [2.24, 2.45) is 0 Å². The van der Waals surface area contributed by atoms with Crippen LogP contribution >= 0.6 is 23.2 Å². The van der Waals surface area contributed by atoms with Gasteiger partial charge in [0.2, 0.25) is 0 Å². The van der Waals surface area contributed by atoms with E-state index in [1.165, 1.54) is 0 Å². The van der Waals surface area contributed by atoms with Gasteiger partial charge in [-0.1, -0.05) is 23.2 Å². The zero-order valence-electron chi connectivity index (χ0n) is 8.77. The van der Waals surface area contributed by atoms with E-state index >= 15 is 0 Å². The van der Waals surface area contributed by atoms with Gasteiger partial charge in [0.15, 0.2) is 11.5 Å². The number of carbonyl (C=O) groups is 2. The molecule has 1 aromatic rings. The maximum atomic E-state index is 12.0. The van der Waals surface area contributed by atoms with Gasteiger partial charge in [0.25, 0.3) is 0 Å². The summed E-state index contributed by atoms with van der Waals surface area (Å²) in [6.07, 6.45) is -5.18. The first-order chi connectivity index (χ1) is 8.12. The van der Waals surface area contributed by atoms with E-state index in [1.54, 1.807) is 0 Å². The lowest BCUT2D eigenvalue weighted by molar-refractivity contribution is -0.189. The molecule has 0 heterocycles. The second-order valence-corrected chi connectivity index (χ2v) is 4.05. The van der Waals surface area contributed by atoms with E-state index in [2.05, 4.69) is 4.74 Å². The molecule has 0 atom stereocenters. The molecule has 0 radical (unpaired) electrons. The van der Waals surface area contributed by atoms with Crippen molar-refractivity contribution in [2.75, 3.05) is 0 Å². The minimum atomic E-state index is -5.18. The van der Waals surface area contributed by atoms with Gasteiger partial charge in [-0.3, -0.25) is 4.79 Å². The van der Waals surface area contributed by atoms with Gasteiger partial charge in [-0.05, 0) is 19.1 Å². The van der Waals surface area contributed by atoms with Crippen LogP contribution in [-0.2, 0) is 4.79 Å².